The summed E-state index contributed by atoms with van der Waals surface area (Å²) >= 11 is 12.6. The van der Waals surface area contributed by atoms with E-state index >= 15 is 0 Å². The van der Waals surface area contributed by atoms with Gasteiger partial charge in [0.15, 0.2) is 5.69 Å². The summed E-state index contributed by atoms with van der Waals surface area (Å²) in [5, 5.41) is 15.3. The molecule has 0 spiro atoms. The molecule has 1 saturated heterocycles. The summed E-state index contributed by atoms with van der Waals surface area (Å²) < 4.78 is 20.9. The van der Waals surface area contributed by atoms with Gasteiger partial charge in [0.05, 0.1) is 42.3 Å². The summed E-state index contributed by atoms with van der Waals surface area (Å²) in [7, 11) is 0. The highest BCUT2D eigenvalue weighted by Gasteiger charge is 2.35. The van der Waals surface area contributed by atoms with E-state index in [4.69, 9.17) is 33.0 Å². The lowest BCUT2D eigenvalue weighted by atomic mass is 10.0. The van der Waals surface area contributed by atoms with Gasteiger partial charge in [0.25, 0.3) is 5.91 Å². The predicted octanol–water partition coefficient (Wildman–Crippen LogP) is 4.99. The Bertz CT molecular complexity index is 1270. The second-order valence-electron chi connectivity index (χ2n) is 8.37. The number of ether oxygens (including phenoxy) is 1. The first-order chi connectivity index (χ1) is 16.5. The Kier molecular flexibility index (Phi) is 6.44. The zero-order valence-electron chi connectivity index (χ0n) is 18.2. The minimum Gasteiger partial charge on any atom is -0.394 e. The van der Waals surface area contributed by atoms with Crippen LogP contribution >= 0.6 is 23.2 Å². The molecule has 9 heteroatoms. The Morgan fingerprint density at radius 3 is 2.74 bits per heavy atom. The van der Waals surface area contributed by atoms with Gasteiger partial charge >= 0.3 is 0 Å². The molecule has 1 N–H and O–H groups in total. The molecule has 1 amide bonds. The molecular formula is C25H22Cl2FN3O3. The Morgan fingerprint density at radius 2 is 2.00 bits per heavy atom. The van der Waals surface area contributed by atoms with Gasteiger partial charge in [-0.2, -0.15) is 5.10 Å². The van der Waals surface area contributed by atoms with E-state index in [0.29, 0.717) is 33.5 Å². The zero-order chi connectivity index (χ0) is 23.8. The van der Waals surface area contributed by atoms with Crippen LogP contribution < -0.4 is 0 Å². The number of fused-ring (bicyclic) bond motifs is 1. The van der Waals surface area contributed by atoms with E-state index in [1.54, 1.807) is 39.9 Å². The van der Waals surface area contributed by atoms with E-state index < -0.39 is 0 Å². The molecule has 0 radical (unpaired) electrons. The maximum absolute atomic E-state index is 13.5. The van der Waals surface area contributed by atoms with Gasteiger partial charge in [0.1, 0.15) is 5.82 Å². The van der Waals surface area contributed by atoms with E-state index in [2.05, 4.69) is 0 Å². The first-order valence-corrected chi connectivity index (χ1v) is 11.7. The van der Waals surface area contributed by atoms with Crippen LogP contribution in [0.3, 0.4) is 0 Å². The van der Waals surface area contributed by atoms with Crippen molar-refractivity contribution in [3.63, 3.8) is 0 Å². The topological polar surface area (TPSA) is 67.6 Å². The molecule has 6 nitrogen and oxygen atoms in total. The monoisotopic (exact) mass is 501 g/mol. The van der Waals surface area contributed by atoms with Crippen molar-refractivity contribution in [2.45, 2.75) is 25.5 Å². The SMILES string of the molecule is O=C(c1nn(-c2ccc(Cl)cc2Cl)c2c1COC/C2=C\c1ccc(F)cc1)N1CCC[C@H]1CO. The summed E-state index contributed by atoms with van der Waals surface area (Å²) in [6, 6.07) is 11.0. The third-order valence-electron chi connectivity index (χ3n) is 6.19. The highest BCUT2D eigenvalue weighted by molar-refractivity contribution is 6.35. The van der Waals surface area contributed by atoms with Crippen molar-refractivity contribution in [2.24, 2.45) is 0 Å². The van der Waals surface area contributed by atoms with Crippen LogP contribution in [0.4, 0.5) is 4.39 Å². The molecule has 2 aliphatic heterocycles. The van der Waals surface area contributed by atoms with Crippen LogP contribution in [-0.2, 0) is 11.3 Å². The van der Waals surface area contributed by atoms with Crippen LogP contribution in [-0.4, -0.2) is 51.5 Å². The molecule has 0 bridgehead atoms. The predicted molar refractivity (Wildman–Crippen MR) is 129 cm³/mol. The molecule has 2 aromatic carbocycles. The van der Waals surface area contributed by atoms with Gasteiger partial charge in [0, 0.05) is 22.7 Å². The van der Waals surface area contributed by atoms with Crippen LogP contribution in [0, 0.1) is 5.82 Å². The standard InChI is InChI=1S/C25H22Cl2FN3O3/c26-17-5-8-22(21(27)11-17)31-24-16(10-15-3-6-18(28)7-4-15)13-34-14-20(24)23(29-31)25(33)30-9-1-2-19(30)12-32/h3-8,10-11,19,32H,1-2,9,12-14H2/b16-10+/t19-/m0/s1. The molecule has 5 rings (SSSR count). The number of hydrogen-bond acceptors (Lipinski definition) is 4. The zero-order valence-corrected chi connectivity index (χ0v) is 19.7. The van der Waals surface area contributed by atoms with Gasteiger partial charge in [-0.15, -0.1) is 0 Å². The van der Waals surface area contributed by atoms with Crippen molar-refractivity contribution in [1.29, 1.82) is 0 Å². The third kappa shape index (κ3) is 4.25. The Balaban J connectivity index is 1.68. The third-order valence-corrected chi connectivity index (χ3v) is 6.73. The number of benzene rings is 2. The van der Waals surface area contributed by atoms with Crippen molar-refractivity contribution >= 4 is 40.8 Å². The molecule has 3 aromatic rings. The van der Waals surface area contributed by atoms with Crippen molar-refractivity contribution < 1.29 is 19.0 Å². The van der Waals surface area contributed by atoms with Gasteiger partial charge in [-0.1, -0.05) is 35.3 Å². The average Bonchev–Trinajstić information content (AvgIpc) is 3.46. The molecule has 34 heavy (non-hydrogen) atoms. The number of carbonyl (C=O) groups is 1. The van der Waals surface area contributed by atoms with Gasteiger partial charge in [-0.05, 0) is 54.8 Å². The molecule has 176 valence electrons. The maximum atomic E-state index is 13.5. The number of carbonyl (C=O) groups excluding carboxylic acids is 1. The smallest absolute Gasteiger partial charge is 0.275 e. The van der Waals surface area contributed by atoms with E-state index in [-0.39, 0.29) is 43.3 Å². The van der Waals surface area contributed by atoms with Gasteiger partial charge in [-0.3, -0.25) is 4.79 Å². The lowest BCUT2D eigenvalue weighted by Gasteiger charge is -2.23. The van der Waals surface area contributed by atoms with Crippen LogP contribution in [0.15, 0.2) is 42.5 Å². The molecular weight excluding hydrogens is 480 g/mol. The molecule has 1 aromatic heterocycles. The number of aromatic nitrogens is 2. The van der Waals surface area contributed by atoms with Crippen LogP contribution in [0.25, 0.3) is 17.3 Å². The number of aliphatic hydroxyl groups excluding tert-OH is 1. The lowest BCUT2D eigenvalue weighted by molar-refractivity contribution is 0.0665. The normalized spacial score (nSPS) is 19.0. The summed E-state index contributed by atoms with van der Waals surface area (Å²) in [6.45, 7) is 0.967. The highest BCUT2D eigenvalue weighted by atomic mass is 35.5. The fourth-order valence-electron chi connectivity index (χ4n) is 4.55. The number of halogens is 3. The molecule has 1 fully saturated rings. The number of rotatable bonds is 4. The van der Waals surface area contributed by atoms with E-state index in [0.717, 1.165) is 24.0 Å². The number of amides is 1. The fraction of sp³-hybridized carbons (Fsp3) is 0.280. The minimum absolute atomic E-state index is 0.0934. The number of hydrogen-bond donors (Lipinski definition) is 1. The summed E-state index contributed by atoms with van der Waals surface area (Å²) in [5.74, 6) is -0.569. The summed E-state index contributed by atoms with van der Waals surface area (Å²) in [5.41, 5.74) is 3.78. The molecule has 1 atom stereocenters. The van der Waals surface area contributed by atoms with Crippen LogP contribution in [0.1, 0.15) is 40.2 Å². The van der Waals surface area contributed by atoms with Gasteiger partial charge < -0.3 is 14.7 Å². The van der Waals surface area contributed by atoms with Crippen LogP contribution in [0.2, 0.25) is 10.0 Å². The molecule has 0 saturated carbocycles. The average molecular weight is 502 g/mol. The molecule has 0 aliphatic carbocycles. The second-order valence-corrected chi connectivity index (χ2v) is 9.22. The quantitative estimate of drug-likeness (QED) is 0.546. The first kappa shape index (κ1) is 23.1. The van der Waals surface area contributed by atoms with Crippen molar-refractivity contribution in [2.75, 3.05) is 19.8 Å². The first-order valence-electron chi connectivity index (χ1n) is 11.0. The Labute approximate surface area is 206 Å². The Morgan fingerprint density at radius 1 is 1.21 bits per heavy atom. The van der Waals surface area contributed by atoms with E-state index in [1.165, 1.54) is 12.1 Å². The molecule has 3 heterocycles. The number of aliphatic hydroxyl groups is 1. The van der Waals surface area contributed by atoms with E-state index in [1.807, 2.05) is 6.08 Å². The van der Waals surface area contributed by atoms with Crippen molar-refractivity contribution in [1.82, 2.24) is 14.7 Å². The summed E-state index contributed by atoms with van der Waals surface area (Å²) in [4.78, 5) is 15.2. The largest absolute Gasteiger partial charge is 0.394 e. The summed E-state index contributed by atoms with van der Waals surface area (Å²) in [6.07, 6.45) is 3.47. The number of likely N-dealkylation sites (tertiary alicyclic amines) is 1. The lowest BCUT2D eigenvalue weighted by Crippen LogP contribution is -2.38. The number of nitrogens with zero attached hydrogens (tertiary/aromatic N) is 3. The molecule has 2 aliphatic rings. The highest BCUT2D eigenvalue weighted by Crippen LogP contribution is 2.35. The van der Waals surface area contributed by atoms with Crippen molar-refractivity contribution in [3.05, 3.63) is 80.8 Å². The maximum Gasteiger partial charge on any atom is 0.275 e. The van der Waals surface area contributed by atoms with Crippen molar-refractivity contribution in [3.8, 4) is 5.69 Å². The fourth-order valence-corrected chi connectivity index (χ4v) is 5.04. The second kappa shape index (κ2) is 9.50. The van der Waals surface area contributed by atoms with Gasteiger partial charge in [-0.25, -0.2) is 9.07 Å². The molecule has 0 unspecified atom stereocenters. The van der Waals surface area contributed by atoms with E-state index in [9.17, 15) is 14.3 Å². The minimum atomic E-state index is -0.322. The Hall–Kier alpha value is -2.71. The van der Waals surface area contributed by atoms with Crippen LogP contribution in [0.5, 0.6) is 0 Å². The van der Waals surface area contributed by atoms with Gasteiger partial charge in [0.2, 0.25) is 0 Å².